The molecule has 0 saturated carbocycles. The average molecular weight is 646 g/mol. The zero-order valence-corrected chi connectivity index (χ0v) is 28.2. The van der Waals surface area contributed by atoms with Crippen molar-refractivity contribution in [2.24, 2.45) is 5.41 Å². The predicted molar refractivity (Wildman–Crippen MR) is 178 cm³/mol. The molecule has 3 saturated heterocycles. The van der Waals surface area contributed by atoms with Gasteiger partial charge in [-0.3, -0.25) is 4.79 Å². The molecular weight excluding hydrogens is 598 g/mol. The normalized spacial score (nSPS) is 26.0. The van der Waals surface area contributed by atoms with Crippen molar-refractivity contribution in [1.29, 1.82) is 0 Å². The molecule has 1 unspecified atom stereocenters. The van der Waals surface area contributed by atoms with Gasteiger partial charge in [-0.25, -0.2) is 19.4 Å². The molecule has 1 amide bonds. The van der Waals surface area contributed by atoms with E-state index in [1.165, 1.54) is 0 Å². The van der Waals surface area contributed by atoms with Gasteiger partial charge in [0, 0.05) is 42.9 Å². The lowest BCUT2D eigenvalue weighted by Gasteiger charge is -2.42. The van der Waals surface area contributed by atoms with E-state index in [9.17, 15) is 9.59 Å². The molecule has 0 bridgehead atoms. The Morgan fingerprint density at radius 3 is 2.64 bits per heavy atom. The molecule has 1 N–H and O–H groups in total. The first kappa shape index (κ1) is 31.8. The maximum absolute atomic E-state index is 12.7. The molecule has 4 aliphatic rings. The Kier molecular flexibility index (Phi) is 8.36. The minimum absolute atomic E-state index is 0.0959. The van der Waals surface area contributed by atoms with Gasteiger partial charge in [0.05, 0.1) is 24.9 Å². The Hall–Kier alpha value is -3.77. The smallest absolute Gasteiger partial charge is 0.407 e. The van der Waals surface area contributed by atoms with E-state index in [0.29, 0.717) is 24.7 Å². The van der Waals surface area contributed by atoms with Crippen LogP contribution in [0.25, 0.3) is 11.2 Å². The molecule has 3 fully saturated rings. The lowest BCUT2D eigenvalue weighted by Crippen LogP contribution is -2.55. The van der Waals surface area contributed by atoms with Gasteiger partial charge >= 0.3 is 6.09 Å². The summed E-state index contributed by atoms with van der Waals surface area (Å²) < 4.78 is 19.9. The van der Waals surface area contributed by atoms with Gasteiger partial charge in [-0.2, -0.15) is 0 Å². The molecule has 252 valence electrons. The van der Waals surface area contributed by atoms with Crippen LogP contribution < -0.4 is 15.1 Å². The molecule has 3 aromatic rings. The summed E-state index contributed by atoms with van der Waals surface area (Å²) in [5.74, 6) is 1.91. The minimum Gasteiger partial charge on any atom is -0.444 e. The van der Waals surface area contributed by atoms with Crippen LogP contribution in [-0.4, -0.2) is 82.7 Å². The van der Waals surface area contributed by atoms with Crippen LogP contribution in [0, 0.1) is 5.41 Å². The molecule has 1 aromatic carbocycles. The average Bonchev–Trinajstić information content (AvgIpc) is 3.58. The van der Waals surface area contributed by atoms with Gasteiger partial charge in [0.25, 0.3) is 0 Å². The van der Waals surface area contributed by atoms with E-state index in [1.54, 1.807) is 0 Å². The van der Waals surface area contributed by atoms with Crippen molar-refractivity contribution in [1.82, 2.24) is 25.1 Å². The number of aromatic nitrogens is 4. The van der Waals surface area contributed by atoms with E-state index in [2.05, 4.69) is 22.0 Å². The largest absolute Gasteiger partial charge is 0.444 e. The number of ether oxygens (including phenoxy) is 3. The first-order valence-corrected chi connectivity index (χ1v) is 17.1. The van der Waals surface area contributed by atoms with Gasteiger partial charge in [-0.1, -0.05) is 6.92 Å². The molecule has 47 heavy (non-hydrogen) atoms. The number of anilines is 3. The van der Waals surface area contributed by atoms with Crippen molar-refractivity contribution < 1.29 is 23.8 Å². The molecule has 4 atom stereocenters. The van der Waals surface area contributed by atoms with Crippen LogP contribution in [0.2, 0.25) is 0 Å². The SMILES string of the molecule is C[C@@H]1OCC2(CCN(c3cnc4c(N5CC[C@H](C)c6cc(C=O)ccc65)nn(C5CCCCO5)c4n3)CC2)[C@@H]1NC(=O)OC(C)(C)C. The number of rotatable bonds is 5. The summed E-state index contributed by atoms with van der Waals surface area (Å²) in [5, 5.41) is 8.29. The van der Waals surface area contributed by atoms with Crippen molar-refractivity contribution in [2.75, 3.05) is 42.6 Å². The third kappa shape index (κ3) is 6.06. The number of nitrogens with one attached hydrogen (secondary N) is 1. The third-order valence-electron chi connectivity index (χ3n) is 10.4. The molecule has 12 heteroatoms. The Balaban J connectivity index is 1.17. The van der Waals surface area contributed by atoms with E-state index < -0.39 is 11.7 Å². The Bertz CT molecular complexity index is 1640. The molecule has 4 aliphatic heterocycles. The lowest BCUT2D eigenvalue weighted by molar-refractivity contribution is -0.0368. The topological polar surface area (TPSA) is 124 Å². The van der Waals surface area contributed by atoms with Crippen molar-refractivity contribution in [3.05, 3.63) is 35.5 Å². The molecule has 7 rings (SSSR count). The van der Waals surface area contributed by atoms with Gasteiger partial charge in [-0.05, 0) is 95.9 Å². The molecular formula is C35H47N7O5. The van der Waals surface area contributed by atoms with Crippen LogP contribution in [0.4, 0.5) is 22.1 Å². The summed E-state index contributed by atoms with van der Waals surface area (Å²) in [4.78, 5) is 39.0. The summed E-state index contributed by atoms with van der Waals surface area (Å²) in [6, 6.07) is 5.77. The zero-order chi connectivity index (χ0) is 32.9. The summed E-state index contributed by atoms with van der Waals surface area (Å²) in [6.45, 7) is 13.5. The number of fused-ring (bicyclic) bond motifs is 2. The van der Waals surface area contributed by atoms with E-state index in [4.69, 9.17) is 29.3 Å². The number of carbonyl (C=O) groups excluding carboxylic acids is 2. The summed E-state index contributed by atoms with van der Waals surface area (Å²) >= 11 is 0. The predicted octanol–water partition coefficient (Wildman–Crippen LogP) is 5.88. The molecule has 0 aliphatic carbocycles. The maximum atomic E-state index is 12.7. The van der Waals surface area contributed by atoms with Crippen molar-refractivity contribution >= 4 is 40.9 Å². The number of aldehydes is 1. The highest BCUT2D eigenvalue weighted by molar-refractivity contribution is 5.89. The van der Waals surface area contributed by atoms with Crippen LogP contribution >= 0.6 is 0 Å². The maximum Gasteiger partial charge on any atom is 0.407 e. The van der Waals surface area contributed by atoms with E-state index in [1.807, 2.05) is 56.8 Å². The van der Waals surface area contributed by atoms with Crippen LogP contribution in [0.5, 0.6) is 0 Å². The molecule has 6 heterocycles. The number of alkyl carbamates (subject to hydrolysis) is 1. The fourth-order valence-corrected chi connectivity index (χ4v) is 7.76. The number of nitrogens with zero attached hydrogens (tertiary/aromatic N) is 6. The standard InChI is InChI=1S/C35H47N7O5/c1-22-11-14-41(26-10-9-24(20-43)18-25(22)26)32-29-31(42(39-32)28-8-6-7-17-45-28)37-27(19-36-29)40-15-12-35(13-16-40)21-46-23(2)30(35)38-33(44)47-34(3,4)5/h9-10,18-20,22-23,28,30H,6-8,11-17,21H2,1-5H3,(H,38,44)/t22-,23-,28?,30+/m0/s1. The zero-order valence-electron chi connectivity index (χ0n) is 28.2. The Labute approximate surface area is 276 Å². The number of hydrogen-bond donors (Lipinski definition) is 1. The highest BCUT2D eigenvalue weighted by Crippen LogP contribution is 2.44. The van der Waals surface area contributed by atoms with E-state index >= 15 is 0 Å². The fourth-order valence-electron chi connectivity index (χ4n) is 7.76. The molecule has 12 nitrogen and oxygen atoms in total. The molecule has 0 radical (unpaired) electrons. The van der Waals surface area contributed by atoms with Crippen LogP contribution in [0.15, 0.2) is 24.4 Å². The lowest BCUT2D eigenvalue weighted by atomic mass is 9.73. The third-order valence-corrected chi connectivity index (χ3v) is 10.4. The quantitative estimate of drug-likeness (QED) is 0.337. The van der Waals surface area contributed by atoms with Crippen LogP contribution in [-0.2, 0) is 14.2 Å². The number of piperidine rings is 1. The Morgan fingerprint density at radius 1 is 1.11 bits per heavy atom. The van der Waals surface area contributed by atoms with Gasteiger partial charge in [0.1, 0.15) is 17.7 Å². The second-order valence-electron chi connectivity index (χ2n) is 14.8. The second-order valence-corrected chi connectivity index (χ2v) is 14.8. The van der Waals surface area contributed by atoms with Crippen molar-refractivity contribution in [2.45, 2.75) is 103 Å². The van der Waals surface area contributed by atoms with Gasteiger partial charge in [0.15, 0.2) is 23.2 Å². The van der Waals surface area contributed by atoms with Crippen LogP contribution in [0.1, 0.15) is 101 Å². The van der Waals surface area contributed by atoms with Crippen LogP contribution in [0.3, 0.4) is 0 Å². The minimum atomic E-state index is -0.564. The first-order chi connectivity index (χ1) is 22.5. The van der Waals surface area contributed by atoms with Gasteiger partial charge in [-0.15, -0.1) is 5.10 Å². The second kappa shape index (κ2) is 12.4. The summed E-state index contributed by atoms with van der Waals surface area (Å²) in [5.41, 5.74) is 3.62. The highest BCUT2D eigenvalue weighted by atomic mass is 16.6. The number of amides is 1. The Morgan fingerprint density at radius 2 is 1.91 bits per heavy atom. The first-order valence-electron chi connectivity index (χ1n) is 17.1. The fraction of sp³-hybridized carbons (Fsp3) is 0.629. The van der Waals surface area contributed by atoms with Crippen molar-refractivity contribution in [3.63, 3.8) is 0 Å². The number of hydrogen-bond acceptors (Lipinski definition) is 10. The number of benzene rings is 1. The van der Waals surface area contributed by atoms with Gasteiger partial charge in [0.2, 0.25) is 0 Å². The summed E-state index contributed by atoms with van der Waals surface area (Å²) in [6.07, 6.45) is 7.69. The van der Waals surface area contributed by atoms with Crippen molar-refractivity contribution in [3.8, 4) is 0 Å². The monoisotopic (exact) mass is 645 g/mol. The van der Waals surface area contributed by atoms with E-state index in [-0.39, 0.29) is 23.8 Å². The van der Waals surface area contributed by atoms with Gasteiger partial charge < -0.3 is 29.3 Å². The molecule has 2 aromatic heterocycles. The highest BCUT2D eigenvalue weighted by Gasteiger charge is 2.50. The number of carbonyl (C=O) groups is 2. The van der Waals surface area contributed by atoms with E-state index in [0.717, 1.165) is 98.5 Å². The summed E-state index contributed by atoms with van der Waals surface area (Å²) in [7, 11) is 0. The molecule has 1 spiro atoms.